The fourth-order valence-corrected chi connectivity index (χ4v) is 1.67. The summed E-state index contributed by atoms with van der Waals surface area (Å²) in [5.41, 5.74) is 5.66. The first-order chi connectivity index (χ1) is 9.40. The summed E-state index contributed by atoms with van der Waals surface area (Å²) >= 11 is 0. The molecule has 0 aliphatic carbocycles. The standard InChI is InChI=1S/C15H27N3O2/c1-5-15(19,6-2)10-17-13-8-7-12(16)14(18-13)20-9-11(3)4/h7-8,11,19H,5-6,9-10,16H2,1-4H3,(H,17,18). The van der Waals surface area contributed by atoms with Gasteiger partial charge in [0.1, 0.15) is 5.82 Å². The molecule has 0 fully saturated rings. The van der Waals surface area contributed by atoms with Crippen LogP contribution in [0.2, 0.25) is 0 Å². The number of pyridine rings is 1. The van der Waals surface area contributed by atoms with Crippen molar-refractivity contribution in [1.29, 1.82) is 0 Å². The molecule has 0 aliphatic rings. The fraction of sp³-hybridized carbons (Fsp3) is 0.667. The van der Waals surface area contributed by atoms with Crippen LogP contribution in [0, 0.1) is 5.92 Å². The van der Waals surface area contributed by atoms with Gasteiger partial charge in [-0.05, 0) is 30.9 Å². The second kappa shape index (κ2) is 7.33. The number of nitrogens with two attached hydrogens (primary N) is 1. The lowest BCUT2D eigenvalue weighted by molar-refractivity contribution is 0.0456. The Morgan fingerprint density at radius 2 is 2.00 bits per heavy atom. The van der Waals surface area contributed by atoms with E-state index in [1.807, 2.05) is 13.8 Å². The van der Waals surface area contributed by atoms with Crippen molar-refractivity contribution in [2.75, 3.05) is 24.2 Å². The van der Waals surface area contributed by atoms with E-state index in [2.05, 4.69) is 24.1 Å². The predicted octanol–water partition coefficient (Wildman–Crippen LogP) is 2.66. The third-order valence-corrected chi connectivity index (χ3v) is 3.36. The summed E-state index contributed by atoms with van der Waals surface area (Å²) in [5, 5.41) is 13.4. The molecule has 1 aromatic heterocycles. The zero-order valence-corrected chi connectivity index (χ0v) is 12.9. The molecule has 1 aromatic rings. The number of anilines is 2. The van der Waals surface area contributed by atoms with E-state index in [1.165, 1.54) is 0 Å². The Kier molecular flexibility index (Phi) is 6.07. The maximum absolute atomic E-state index is 10.2. The Labute approximate surface area is 121 Å². The van der Waals surface area contributed by atoms with Gasteiger partial charge in [0, 0.05) is 6.54 Å². The zero-order valence-electron chi connectivity index (χ0n) is 12.9. The molecule has 0 spiro atoms. The average Bonchev–Trinajstić information content (AvgIpc) is 2.44. The number of nitrogens with zero attached hydrogens (tertiary/aromatic N) is 1. The minimum absolute atomic E-state index is 0.415. The maximum atomic E-state index is 10.2. The number of aliphatic hydroxyl groups is 1. The molecule has 0 aliphatic heterocycles. The Morgan fingerprint density at radius 1 is 1.35 bits per heavy atom. The minimum atomic E-state index is -0.706. The summed E-state index contributed by atoms with van der Waals surface area (Å²) in [5.74, 6) is 1.52. The van der Waals surface area contributed by atoms with Crippen molar-refractivity contribution in [3.05, 3.63) is 12.1 Å². The van der Waals surface area contributed by atoms with Crippen molar-refractivity contribution in [3.8, 4) is 5.88 Å². The van der Waals surface area contributed by atoms with Gasteiger partial charge in [-0.3, -0.25) is 0 Å². The predicted molar refractivity (Wildman–Crippen MR) is 83.0 cm³/mol. The monoisotopic (exact) mass is 281 g/mol. The molecule has 0 bridgehead atoms. The topological polar surface area (TPSA) is 80.4 Å². The molecular formula is C15H27N3O2. The van der Waals surface area contributed by atoms with Gasteiger partial charge < -0.3 is 20.9 Å². The van der Waals surface area contributed by atoms with E-state index in [1.54, 1.807) is 12.1 Å². The average molecular weight is 281 g/mol. The molecule has 0 unspecified atom stereocenters. The van der Waals surface area contributed by atoms with Gasteiger partial charge in [-0.25, -0.2) is 0 Å². The molecule has 4 N–H and O–H groups in total. The van der Waals surface area contributed by atoms with Crippen LogP contribution in [0.25, 0.3) is 0 Å². The van der Waals surface area contributed by atoms with Gasteiger partial charge in [-0.1, -0.05) is 27.7 Å². The Balaban J connectivity index is 2.69. The van der Waals surface area contributed by atoms with Crippen LogP contribution in [-0.4, -0.2) is 28.8 Å². The molecule has 5 nitrogen and oxygen atoms in total. The van der Waals surface area contributed by atoms with Crippen molar-refractivity contribution < 1.29 is 9.84 Å². The molecule has 0 atom stereocenters. The molecule has 1 rings (SSSR count). The van der Waals surface area contributed by atoms with Gasteiger partial charge >= 0.3 is 0 Å². The molecule has 0 saturated carbocycles. The highest BCUT2D eigenvalue weighted by Crippen LogP contribution is 2.22. The Hall–Kier alpha value is -1.49. The van der Waals surface area contributed by atoms with Gasteiger partial charge in [-0.15, -0.1) is 0 Å². The highest BCUT2D eigenvalue weighted by atomic mass is 16.5. The molecule has 0 amide bonds. The van der Waals surface area contributed by atoms with Crippen LogP contribution in [0.15, 0.2) is 12.1 Å². The number of ether oxygens (including phenoxy) is 1. The summed E-state index contributed by atoms with van der Waals surface area (Å²) in [6.07, 6.45) is 1.39. The lowest BCUT2D eigenvalue weighted by Gasteiger charge is -2.25. The third kappa shape index (κ3) is 4.89. The van der Waals surface area contributed by atoms with Gasteiger partial charge in [0.05, 0.1) is 17.9 Å². The quantitative estimate of drug-likeness (QED) is 0.682. The van der Waals surface area contributed by atoms with Crippen LogP contribution in [0.3, 0.4) is 0 Å². The van der Waals surface area contributed by atoms with Crippen molar-refractivity contribution >= 4 is 11.5 Å². The highest BCUT2D eigenvalue weighted by molar-refractivity contribution is 5.53. The van der Waals surface area contributed by atoms with Gasteiger partial charge in [0.25, 0.3) is 0 Å². The minimum Gasteiger partial charge on any atom is -0.476 e. The number of rotatable bonds is 8. The van der Waals surface area contributed by atoms with Crippen molar-refractivity contribution in [3.63, 3.8) is 0 Å². The van der Waals surface area contributed by atoms with Crippen molar-refractivity contribution in [2.45, 2.75) is 46.1 Å². The fourth-order valence-electron chi connectivity index (χ4n) is 1.67. The van der Waals surface area contributed by atoms with Crippen LogP contribution in [0.1, 0.15) is 40.5 Å². The Bertz CT molecular complexity index is 418. The van der Waals surface area contributed by atoms with Crippen LogP contribution < -0.4 is 15.8 Å². The van der Waals surface area contributed by atoms with Crippen molar-refractivity contribution in [2.24, 2.45) is 5.92 Å². The molecule has 0 aromatic carbocycles. The lowest BCUT2D eigenvalue weighted by Crippen LogP contribution is -2.35. The van der Waals surface area contributed by atoms with Crippen LogP contribution in [0.4, 0.5) is 11.5 Å². The summed E-state index contributed by atoms with van der Waals surface area (Å²) < 4.78 is 5.58. The van der Waals surface area contributed by atoms with E-state index in [0.29, 0.717) is 49.3 Å². The first-order valence-electron chi connectivity index (χ1n) is 7.25. The largest absolute Gasteiger partial charge is 0.476 e. The second-order valence-electron chi connectivity index (χ2n) is 5.58. The molecule has 0 saturated heterocycles. The SMILES string of the molecule is CCC(O)(CC)CNc1ccc(N)c(OCC(C)C)n1. The molecule has 20 heavy (non-hydrogen) atoms. The van der Waals surface area contributed by atoms with E-state index in [9.17, 15) is 5.11 Å². The van der Waals surface area contributed by atoms with Crippen molar-refractivity contribution in [1.82, 2.24) is 4.98 Å². The summed E-state index contributed by atoms with van der Waals surface area (Å²) in [4.78, 5) is 4.35. The maximum Gasteiger partial charge on any atom is 0.239 e. The van der Waals surface area contributed by atoms with E-state index in [0.717, 1.165) is 0 Å². The summed E-state index contributed by atoms with van der Waals surface area (Å²) in [6, 6.07) is 3.56. The third-order valence-electron chi connectivity index (χ3n) is 3.36. The van der Waals surface area contributed by atoms with Gasteiger partial charge in [0.2, 0.25) is 5.88 Å². The molecule has 5 heteroatoms. The van der Waals surface area contributed by atoms with E-state index < -0.39 is 5.60 Å². The first kappa shape index (κ1) is 16.6. The van der Waals surface area contributed by atoms with Gasteiger partial charge in [0.15, 0.2) is 0 Å². The normalized spacial score (nSPS) is 11.7. The molecule has 1 heterocycles. The molecular weight excluding hydrogens is 254 g/mol. The molecule has 0 radical (unpaired) electrons. The highest BCUT2D eigenvalue weighted by Gasteiger charge is 2.21. The molecule has 114 valence electrons. The van der Waals surface area contributed by atoms with E-state index >= 15 is 0 Å². The summed E-state index contributed by atoms with van der Waals surface area (Å²) in [7, 11) is 0. The number of hydrogen-bond acceptors (Lipinski definition) is 5. The first-order valence-corrected chi connectivity index (χ1v) is 7.25. The van der Waals surface area contributed by atoms with E-state index in [4.69, 9.17) is 10.5 Å². The van der Waals surface area contributed by atoms with Gasteiger partial charge in [-0.2, -0.15) is 4.98 Å². The summed E-state index contributed by atoms with van der Waals surface area (Å²) in [6.45, 7) is 9.12. The smallest absolute Gasteiger partial charge is 0.239 e. The number of nitrogen functional groups attached to an aromatic ring is 1. The second-order valence-corrected chi connectivity index (χ2v) is 5.58. The van der Waals surface area contributed by atoms with Crippen LogP contribution in [0.5, 0.6) is 5.88 Å². The number of nitrogens with one attached hydrogen (secondary N) is 1. The van der Waals surface area contributed by atoms with Crippen LogP contribution >= 0.6 is 0 Å². The Morgan fingerprint density at radius 3 is 2.55 bits per heavy atom. The number of hydrogen-bond donors (Lipinski definition) is 3. The zero-order chi connectivity index (χ0) is 15.2. The number of aromatic nitrogens is 1. The van der Waals surface area contributed by atoms with Crippen LogP contribution in [-0.2, 0) is 0 Å². The lowest BCUT2D eigenvalue weighted by atomic mass is 9.98. The van der Waals surface area contributed by atoms with E-state index in [-0.39, 0.29) is 0 Å².